The van der Waals surface area contributed by atoms with Gasteiger partial charge in [0.05, 0.1) is 10.8 Å². The Balaban J connectivity index is 2.19. The van der Waals surface area contributed by atoms with E-state index < -0.39 is 0 Å². The van der Waals surface area contributed by atoms with Crippen LogP contribution < -0.4 is 5.43 Å². The van der Waals surface area contributed by atoms with Gasteiger partial charge >= 0.3 is 0 Å². The molecule has 0 fully saturated rings. The fraction of sp³-hybridized carbons (Fsp3) is 0.118. The van der Waals surface area contributed by atoms with Crippen LogP contribution in [0.1, 0.15) is 17.5 Å². The van der Waals surface area contributed by atoms with Gasteiger partial charge < -0.3 is 4.42 Å². The Morgan fingerprint density at radius 3 is 2.84 bits per heavy atom. The Bertz CT molecular complexity index is 885. The largest absolute Gasteiger partial charge is 0.456 e. The third kappa shape index (κ3) is 1.53. The molecule has 1 aliphatic carbocycles. The average Bonchev–Trinajstić information content (AvgIpc) is 2.46. The first kappa shape index (κ1) is 10.6. The molecule has 0 unspecified atom stereocenters. The van der Waals surface area contributed by atoms with Crippen molar-refractivity contribution in [2.45, 2.75) is 12.8 Å². The fourth-order valence-corrected chi connectivity index (χ4v) is 2.73. The second kappa shape index (κ2) is 3.82. The zero-order valence-electron chi connectivity index (χ0n) is 10.3. The van der Waals surface area contributed by atoms with E-state index in [0.717, 1.165) is 18.4 Å². The van der Waals surface area contributed by atoms with Gasteiger partial charge in [-0.2, -0.15) is 0 Å². The molecule has 1 aliphatic rings. The Kier molecular flexibility index (Phi) is 2.12. The molecule has 1 heterocycles. The van der Waals surface area contributed by atoms with E-state index in [2.05, 4.69) is 12.2 Å². The summed E-state index contributed by atoms with van der Waals surface area (Å²) in [4.78, 5) is 12.5. The maximum atomic E-state index is 12.5. The van der Waals surface area contributed by atoms with E-state index in [1.807, 2.05) is 36.4 Å². The van der Waals surface area contributed by atoms with E-state index in [0.29, 0.717) is 21.9 Å². The van der Waals surface area contributed by atoms with Crippen LogP contribution >= 0.6 is 0 Å². The van der Waals surface area contributed by atoms with Crippen molar-refractivity contribution >= 4 is 28.0 Å². The van der Waals surface area contributed by atoms with Crippen molar-refractivity contribution in [2.24, 2.45) is 0 Å². The maximum absolute atomic E-state index is 12.5. The molecule has 0 radical (unpaired) electrons. The first-order valence-electron chi connectivity index (χ1n) is 6.48. The van der Waals surface area contributed by atoms with Gasteiger partial charge in [-0.1, -0.05) is 24.3 Å². The summed E-state index contributed by atoms with van der Waals surface area (Å²) in [7, 11) is 0. The topological polar surface area (TPSA) is 30.2 Å². The number of rotatable bonds is 0. The molecule has 0 amide bonds. The van der Waals surface area contributed by atoms with Crippen molar-refractivity contribution in [3.63, 3.8) is 0 Å². The number of allylic oxidation sites excluding steroid dienone is 1. The number of hydrogen-bond donors (Lipinski definition) is 0. The van der Waals surface area contributed by atoms with Gasteiger partial charge in [0, 0.05) is 0 Å². The molecule has 0 spiro atoms. The summed E-state index contributed by atoms with van der Waals surface area (Å²) in [6.45, 7) is 0. The van der Waals surface area contributed by atoms with Crippen LogP contribution in [0, 0.1) is 0 Å². The molecule has 0 N–H and O–H groups in total. The van der Waals surface area contributed by atoms with Gasteiger partial charge in [-0.3, -0.25) is 4.79 Å². The highest BCUT2D eigenvalue weighted by Crippen LogP contribution is 2.26. The monoisotopic (exact) mass is 248 g/mol. The predicted octanol–water partition coefficient (Wildman–Crippen LogP) is 3.91. The number of aryl methyl sites for hydroxylation is 1. The van der Waals surface area contributed by atoms with Crippen LogP contribution in [0.2, 0.25) is 0 Å². The van der Waals surface area contributed by atoms with Crippen molar-refractivity contribution in [3.8, 4) is 0 Å². The van der Waals surface area contributed by atoms with Crippen LogP contribution in [0.5, 0.6) is 0 Å². The highest BCUT2D eigenvalue weighted by Gasteiger charge is 2.11. The lowest BCUT2D eigenvalue weighted by Crippen LogP contribution is -2.04. The molecule has 2 aromatic carbocycles. The Morgan fingerprint density at radius 1 is 1.00 bits per heavy atom. The van der Waals surface area contributed by atoms with Gasteiger partial charge in [0.2, 0.25) is 5.43 Å². The molecule has 2 nitrogen and oxygen atoms in total. The zero-order chi connectivity index (χ0) is 12.8. The minimum Gasteiger partial charge on any atom is -0.456 e. The van der Waals surface area contributed by atoms with E-state index in [9.17, 15) is 4.79 Å². The molecule has 0 saturated heterocycles. The molecule has 4 rings (SSSR count). The first-order valence-corrected chi connectivity index (χ1v) is 6.48. The van der Waals surface area contributed by atoms with Crippen molar-refractivity contribution < 1.29 is 4.42 Å². The molecule has 19 heavy (non-hydrogen) atoms. The summed E-state index contributed by atoms with van der Waals surface area (Å²) in [6, 6.07) is 11.4. The molecule has 0 aliphatic heterocycles. The molecule has 0 bridgehead atoms. The summed E-state index contributed by atoms with van der Waals surface area (Å²) in [5, 5.41) is 1.34. The first-order chi connectivity index (χ1) is 9.33. The summed E-state index contributed by atoms with van der Waals surface area (Å²) in [5.41, 5.74) is 3.79. The van der Waals surface area contributed by atoms with E-state index in [1.165, 1.54) is 5.56 Å². The van der Waals surface area contributed by atoms with Crippen molar-refractivity contribution in [3.05, 3.63) is 63.8 Å². The van der Waals surface area contributed by atoms with Gasteiger partial charge in [-0.15, -0.1) is 0 Å². The van der Waals surface area contributed by atoms with Crippen LogP contribution in [0.3, 0.4) is 0 Å². The van der Waals surface area contributed by atoms with Crippen LogP contribution in [-0.2, 0) is 6.42 Å². The molecule has 2 heteroatoms. The smallest absolute Gasteiger partial charge is 0.200 e. The third-order valence-corrected chi connectivity index (χ3v) is 3.72. The van der Waals surface area contributed by atoms with Crippen molar-refractivity contribution in [1.82, 2.24) is 0 Å². The van der Waals surface area contributed by atoms with E-state index in [4.69, 9.17) is 4.42 Å². The molecule has 0 saturated carbocycles. The van der Waals surface area contributed by atoms with Gasteiger partial charge in [-0.05, 0) is 48.2 Å². The van der Waals surface area contributed by atoms with Crippen LogP contribution in [0.25, 0.3) is 28.0 Å². The normalized spacial score (nSPS) is 13.9. The van der Waals surface area contributed by atoms with Crippen LogP contribution in [-0.4, -0.2) is 0 Å². The molecule has 0 atom stereocenters. The zero-order valence-corrected chi connectivity index (χ0v) is 10.3. The van der Waals surface area contributed by atoms with E-state index in [-0.39, 0.29) is 5.43 Å². The third-order valence-electron chi connectivity index (χ3n) is 3.72. The highest BCUT2D eigenvalue weighted by atomic mass is 16.3. The predicted molar refractivity (Wildman–Crippen MR) is 77.3 cm³/mol. The quantitative estimate of drug-likeness (QED) is 0.565. The summed E-state index contributed by atoms with van der Waals surface area (Å²) >= 11 is 0. The lowest BCUT2D eigenvalue weighted by molar-refractivity contribution is 0.659. The molecule has 92 valence electrons. The van der Waals surface area contributed by atoms with Crippen LogP contribution in [0.15, 0.2) is 51.7 Å². The van der Waals surface area contributed by atoms with Crippen LogP contribution in [0.4, 0.5) is 0 Å². The lowest BCUT2D eigenvalue weighted by atomic mass is 9.95. The van der Waals surface area contributed by atoms with Gasteiger partial charge in [0.15, 0.2) is 0 Å². The number of benzene rings is 2. The van der Waals surface area contributed by atoms with Crippen molar-refractivity contribution in [1.29, 1.82) is 0 Å². The molecular weight excluding hydrogens is 236 g/mol. The summed E-state index contributed by atoms with van der Waals surface area (Å²) in [6.07, 6.45) is 6.30. The molecule has 3 aromatic rings. The van der Waals surface area contributed by atoms with Crippen molar-refractivity contribution in [2.75, 3.05) is 0 Å². The maximum Gasteiger partial charge on any atom is 0.200 e. The summed E-state index contributed by atoms with van der Waals surface area (Å²) in [5.74, 6) is 0. The highest BCUT2D eigenvalue weighted by molar-refractivity contribution is 5.91. The van der Waals surface area contributed by atoms with Gasteiger partial charge in [0.1, 0.15) is 11.2 Å². The Morgan fingerprint density at radius 2 is 1.89 bits per heavy atom. The Hall–Kier alpha value is -2.35. The molecular formula is C17H12O2. The minimum absolute atomic E-state index is 0.0641. The number of hydrogen-bond acceptors (Lipinski definition) is 2. The van der Waals surface area contributed by atoms with E-state index >= 15 is 0 Å². The SMILES string of the molecule is O=c1c2ccccc2oc2cc3c(cc12)CCC=C3. The molecule has 1 aromatic heterocycles. The number of para-hydroxylation sites is 1. The average molecular weight is 248 g/mol. The second-order valence-corrected chi connectivity index (χ2v) is 4.92. The number of fused-ring (bicyclic) bond motifs is 3. The van der Waals surface area contributed by atoms with Gasteiger partial charge in [0.25, 0.3) is 0 Å². The minimum atomic E-state index is 0.0641. The summed E-state index contributed by atoms with van der Waals surface area (Å²) < 4.78 is 5.86. The fourth-order valence-electron chi connectivity index (χ4n) is 2.73. The second-order valence-electron chi connectivity index (χ2n) is 4.92. The van der Waals surface area contributed by atoms with Gasteiger partial charge in [-0.25, -0.2) is 0 Å². The lowest BCUT2D eigenvalue weighted by Gasteiger charge is -2.11. The standard InChI is InChI=1S/C17H12O2/c18-17-13-7-3-4-8-15(13)19-16-10-12-6-2-1-5-11(12)9-14(16)17/h2-4,6-10H,1,5H2. The van der Waals surface area contributed by atoms with E-state index in [1.54, 1.807) is 0 Å². The Labute approximate surface area is 110 Å².